The van der Waals surface area contributed by atoms with E-state index >= 15 is 0 Å². The molecule has 0 aliphatic carbocycles. The first-order valence-electron chi connectivity index (χ1n) is 9.25. The largest absolute Gasteiger partial charge is 0.481 e. The topological polar surface area (TPSA) is 95.1 Å². The highest BCUT2D eigenvalue weighted by Gasteiger charge is 2.24. The van der Waals surface area contributed by atoms with Crippen molar-refractivity contribution in [3.8, 4) is 5.75 Å². The highest BCUT2D eigenvalue weighted by Crippen LogP contribution is 2.30. The molecule has 30 heavy (non-hydrogen) atoms. The molecule has 8 nitrogen and oxygen atoms in total. The second-order valence-electron chi connectivity index (χ2n) is 6.50. The molecule has 0 bridgehead atoms. The first kappa shape index (κ1) is 21.9. The number of hydrogen-bond acceptors (Lipinski definition) is 7. The van der Waals surface area contributed by atoms with Gasteiger partial charge >= 0.3 is 0 Å². The minimum atomic E-state index is -0.442. The van der Waals surface area contributed by atoms with E-state index in [9.17, 15) is 4.79 Å². The molecule has 0 spiro atoms. The van der Waals surface area contributed by atoms with E-state index in [0.717, 1.165) is 0 Å². The lowest BCUT2D eigenvalue weighted by Gasteiger charge is -2.17. The predicted molar refractivity (Wildman–Crippen MR) is 116 cm³/mol. The SMILES string of the molecule is C=CCn1c(SC(C)C(=O)Nc2cc(C)on2)nnc1C(C)Oc1ccccc1Cl. The van der Waals surface area contributed by atoms with Gasteiger partial charge in [-0.1, -0.05) is 46.7 Å². The standard InChI is InChI=1S/C20H22ClN5O3S/c1-5-10-26-18(13(3)28-16-9-7-6-8-15(16)21)23-24-20(26)30-14(4)19(27)22-17-11-12(2)29-25-17/h5-9,11,13-14H,1,10H2,2-4H3,(H,22,25,27). The molecule has 0 aliphatic rings. The quantitative estimate of drug-likeness (QED) is 0.376. The van der Waals surface area contributed by atoms with Crippen LogP contribution in [0.25, 0.3) is 0 Å². The van der Waals surface area contributed by atoms with Crippen LogP contribution in [0.3, 0.4) is 0 Å². The van der Waals surface area contributed by atoms with Gasteiger partial charge in [0.05, 0.1) is 10.3 Å². The van der Waals surface area contributed by atoms with Crippen LogP contribution in [0.1, 0.15) is 31.5 Å². The number of aryl methyl sites for hydroxylation is 1. The van der Waals surface area contributed by atoms with Crippen LogP contribution >= 0.6 is 23.4 Å². The van der Waals surface area contributed by atoms with Gasteiger partial charge in [-0.2, -0.15) is 0 Å². The van der Waals surface area contributed by atoms with Crippen LogP contribution in [0, 0.1) is 6.92 Å². The zero-order valence-electron chi connectivity index (χ0n) is 16.8. The Bertz CT molecular complexity index is 1040. The molecule has 3 aromatic rings. The monoisotopic (exact) mass is 447 g/mol. The third-order valence-electron chi connectivity index (χ3n) is 4.09. The van der Waals surface area contributed by atoms with Gasteiger partial charge in [0.15, 0.2) is 22.9 Å². The third-order valence-corrected chi connectivity index (χ3v) is 5.48. The van der Waals surface area contributed by atoms with Crippen molar-refractivity contribution in [2.75, 3.05) is 5.32 Å². The summed E-state index contributed by atoms with van der Waals surface area (Å²) in [6.45, 7) is 9.67. The molecule has 2 aromatic heterocycles. The molecule has 0 saturated heterocycles. The number of benzene rings is 1. The van der Waals surface area contributed by atoms with Gasteiger partial charge in [-0.25, -0.2) is 0 Å². The number of para-hydroxylation sites is 1. The minimum Gasteiger partial charge on any atom is -0.481 e. The van der Waals surface area contributed by atoms with E-state index in [2.05, 4.69) is 27.2 Å². The molecule has 0 aliphatic heterocycles. The van der Waals surface area contributed by atoms with Gasteiger partial charge in [0.1, 0.15) is 11.5 Å². The Morgan fingerprint density at radius 1 is 1.40 bits per heavy atom. The van der Waals surface area contributed by atoms with E-state index in [4.69, 9.17) is 20.9 Å². The minimum absolute atomic E-state index is 0.219. The number of thioether (sulfide) groups is 1. The van der Waals surface area contributed by atoms with E-state index in [-0.39, 0.29) is 5.91 Å². The fraction of sp³-hybridized carbons (Fsp3) is 0.300. The number of carbonyl (C=O) groups excluding carboxylic acids is 1. The smallest absolute Gasteiger partial charge is 0.238 e. The molecule has 2 heterocycles. The van der Waals surface area contributed by atoms with Gasteiger partial charge < -0.3 is 14.6 Å². The summed E-state index contributed by atoms with van der Waals surface area (Å²) in [5, 5.41) is 15.7. The number of hydrogen-bond donors (Lipinski definition) is 1. The van der Waals surface area contributed by atoms with Gasteiger partial charge in [0.25, 0.3) is 0 Å². The average molecular weight is 448 g/mol. The summed E-state index contributed by atoms with van der Waals surface area (Å²) >= 11 is 7.47. The molecule has 1 aromatic carbocycles. The first-order valence-corrected chi connectivity index (χ1v) is 10.5. The maximum atomic E-state index is 12.5. The number of nitrogens with one attached hydrogen (secondary N) is 1. The molecule has 1 N–H and O–H groups in total. The summed E-state index contributed by atoms with van der Waals surface area (Å²) in [6, 6.07) is 8.89. The molecular weight excluding hydrogens is 426 g/mol. The summed E-state index contributed by atoms with van der Waals surface area (Å²) < 4.78 is 12.8. The zero-order chi connectivity index (χ0) is 21.7. The van der Waals surface area contributed by atoms with Crippen LogP contribution < -0.4 is 10.1 Å². The van der Waals surface area contributed by atoms with E-state index in [1.165, 1.54) is 11.8 Å². The highest BCUT2D eigenvalue weighted by molar-refractivity contribution is 8.00. The number of halogens is 1. The number of nitrogens with zero attached hydrogens (tertiary/aromatic N) is 4. The van der Waals surface area contributed by atoms with Crippen molar-refractivity contribution >= 4 is 35.1 Å². The van der Waals surface area contributed by atoms with Crippen molar-refractivity contribution < 1.29 is 14.1 Å². The third kappa shape index (κ3) is 5.22. The Morgan fingerprint density at radius 3 is 2.83 bits per heavy atom. The summed E-state index contributed by atoms with van der Waals surface area (Å²) in [7, 11) is 0. The highest BCUT2D eigenvalue weighted by atomic mass is 35.5. The lowest BCUT2D eigenvalue weighted by atomic mass is 10.3. The van der Waals surface area contributed by atoms with Gasteiger partial charge in [-0.3, -0.25) is 9.36 Å². The lowest BCUT2D eigenvalue weighted by molar-refractivity contribution is -0.115. The van der Waals surface area contributed by atoms with Gasteiger partial charge in [-0.05, 0) is 32.9 Å². The van der Waals surface area contributed by atoms with Gasteiger partial charge in [0, 0.05) is 12.6 Å². The number of aromatic nitrogens is 4. The maximum Gasteiger partial charge on any atom is 0.238 e. The van der Waals surface area contributed by atoms with Crippen LogP contribution in [0.15, 0.2) is 52.7 Å². The summed E-state index contributed by atoms with van der Waals surface area (Å²) in [6.07, 6.45) is 1.33. The fourth-order valence-electron chi connectivity index (χ4n) is 2.64. The summed E-state index contributed by atoms with van der Waals surface area (Å²) in [5.41, 5.74) is 0. The van der Waals surface area contributed by atoms with Crippen LogP contribution in [-0.2, 0) is 11.3 Å². The van der Waals surface area contributed by atoms with Crippen LogP contribution in [-0.4, -0.2) is 31.1 Å². The van der Waals surface area contributed by atoms with Crippen LogP contribution in [0.4, 0.5) is 5.82 Å². The second-order valence-corrected chi connectivity index (χ2v) is 8.22. The van der Waals surface area contributed by atoms with Crippen LogP contribution in [0.5, 0.6) is 5.75 Å². The molecule has 0 fully saturated rings. The maximum absolute atomic E-state index is 12.5. The number of carbonyl (C=O) groups is 1. The molecule has 0 saturated carbocycles. The Hall–Kier alpha value is -2.78. The predicted octanol–water partition coefficient (Wildman–Crippen LogP) is 4.67. The number of rotatable bonds is 9. The van der Waals surface area contributed by atoms with Crippen molar-refractivity contribution in [1.29, 1.82) is 0 Å². The van der Waals surface area contributed by atoms with E-state index in [0.29, 0.717) is 39.9 Å². The van der Waals surface area contributed by atoms with Crippen molar-refractivity contribution in [1.82, 2.24) is 19.9 Å². The van der Waals surface area contributed by atoms with Crippen molar-refractivity contribution in [3.63, 3.8) is 0 Å². The van der Waals surface area contributed by atoms with Gasteiger partial charge in [0.2, 0.25) is 5.91 Å². The normalized spacial score (nSPS) is 12.9. The number of amides is 1. The summed E-state index contributed by atoms with van der Waals surface area (Å²) in [5.74, 6) is 1.94. The number of allylic oxidation sites excluding steroid dienone is 1. The Labute approximate surface area is 183 Å². The lowest BCUT2D eigenvalue weighted by Crippen LogP contribution is -2.23. The zero-order valence-corrected chi connectivity index (χ0v) is 18.4. The molecule has 2 unspecified atom stereocenters. The Balaban J connectivity index is 1.73. The van der Waals surface area contributed by atoms with Crippen molar-refractivity contribution in [2.24, 2.45) is 0 Å². The van der Waals surface area contributed by atoms with E-state index in [1.54, 1.807) is 38.1 Å². The second kappa shape index (κ2) is 9.82. The molecule has 1 amide bonds. The summed E-state index contributed by atoms with van der Waals surface area (Å²) in [4.78, 5) is 12.5. The number of anilines is 1. The van der Waals surface area contributed by atoms with E-state index in [1.807, 2.05) is 23.6 Å². The van der Waals surface area contributed by atoms with E-state index < -0.39 is 11.4 Å². The molecule has 2 atom stereocenters. The molecule has 0 radical (unpaired) electrons. The Kier molecular flexibility index (Phi) is 7.17. The Morgan fingerprint density at radius 2 is 2.17 bits per heavy atom. The fourth-order valence-corrected chi connectivity index (χ4v) is 3.68. The average Bonchev–Trinajstić information content (AvgIpc) is 3.30. The van der Waals surface area contributed by atoms with Crippen LogP contribution in [0.2, 0.25) is 5.02 Å². The van der Waals surface area contributed by atoms with Gasteiger partial charge in [-0.15, -0.1) is 16.8 Å². The molecule has 3 rings (SSSR count). The first-order chi connectivity index (χ1) is 14.4. The molecule has 158 valence electrons. The van der Waals surface area contributed by atoms with Crippen molar-refractivity contribution in [2.45, 2.75) is 43.8 Å². The molecular formula is C20H22ClN5O3S. The number of ether oxygens (including phenoxy) is 1. The van der Waals surface area contributed by atoms with Crippen molar-refractivity contribution in [3.05, 3.63) is 59.6 Å². The molecule has 10 heteroatoms.